The molecule has 3 aromatic rings. The van der Waals surface area contributed by atoms with E-state index in [0.29, 0.717) is 17.9 Å². The molecular weight excluding hydrogens is 344 g/mol. The van der Waals surface area contributed by atoms with E-state index >= 15 is 0 Å². The Kier molecular flexibility index (Phi) is 4.19. The van der Waals surface area contributed by atoms with Crippen LogP contribution in [-0.2, 0) is 4.79 Å². The van der Waals surface area contributed by atoms with Gasteiger partial charge < -0.3 is 14.2 Å². The van der Waals surface area contributed by atoms with Crippen LogP contribution in [0.15, 0.2) is 59.7 Å². The first-order valence-electron chi connectivity index (χ1n) is 8.61. The smallest absolute Gasteiger partial charge is 0.294 e. The molecule has 7 heteroatoms. The summed E-state index contributed by atoms with van der Waals surface area (Å²) in [6, 6.07) is 8.81. The standard InChI is InChI=1S/C20H18N4O3/c1-13-11-23(20(26)19-4-3-7-27-19)18-8-15(16-9-21-12-22-10-16)5-6-17(18)24(13)14(2)25/h3-10,12-13H,11H2,1-2H3/t13-/m0/s1. The lowest BCUT2D eigenvalue weighted by Gasteiger charge is -2.40. The fraction of sp³-hybridized carbons (Fsp3) is 0.200. The Bertz CT molecular complexity index is 986. The van der Waals surface area contributed by atoms with Crippen molar-refractivity contribution in [2.24, 2.45) is 0 Å². The van der Waals surface area contributed by atoms with Gasteiger partial charge in [0, 0.05) is 31.4 Å². The van der Waals surface area contributed by atoms with Crippen molar-refractivity contribution in [3.05, 3.63) is 61.1 Å². The van der Waals surface area contributed by atoms with Gasteiger partial charge in [-0.15, -0.1) is 0 Å². The number of carbonyl (C=O) groups is 2. The minimum absolute atomic E-state index is 0.0651. The summed E-state index contributed by atoms with van der Waals surface area (Å²) in [7, 11) is 0. The minimum atomic E-state index is -0.238. The Morgan fingerprint density at radius 3 is 2.56 bits per heavy atom. The molecule has 0 N–H and O–H groups in total. The maximum absolute atomic E-state index is 13.0. The van der Waals surface area contributed by atoms with Crippen molar-refractivity contribution in [2.75, 3.05) is 16.3 Å². The zero-order chi connectivity index (χ0) is 19.0. The van der Waals surface area contributed by atoms with Gasteiger partial charge in [-0.2, -0.15) is 0 Å². The quantitative estimate of drug-likeness (QED) is 0.700. The Labute approximate surface area is 156 Å². The second-order valence-electron chi connectivity index (χ2n) is 6.46. The Hall–Kier alpha value is -3.48. The zero-order valence-electron chi connectivity index (χ0n) is 15.0. The number of anilines is 2. The first-order valence-corrected chi connectivity index (χ1v) is 8.61. The van der Waals surface area contributed by atoms with Crippen LogP contribution in [0.5, 0.6) is 0 Å². The van der Waals surface area contributed by atoms with Gasteiger partial charge in [-0.1, -0.05) is 6.07 Å². The van der Waals surface area contributed by atoms with Crippen molar-refractivity contribution in [3.63, 3.8) is 0 Å². The van der Waals surface area contributed by atoms with E-state index in [0.717, 1.165) is 11.1 Å². The van der Waals surface area contributed by atoms with Crippen molar-refractivity contribution in [1.82, 2.24) is 9.97 Å². The molecule has 2 aromatic heterocycles. The highest BCUT2D eigenvalue weighted by atomic mass is 16.3. The lowest BCUT2D eigenvalue weighted by molar-refractivity contribution is -0.117. The third-order valence-corrected chi connectivity index (χ3v) is 4.62. The molecule has 1 atom stereocenters. The molecule has 0 aliphatic carbocycles. The molecule has 1 aliphatic heterocycles. The van der Waals surface area contributed by atoms with Gasteiger partial charge in [-0.05, 0) is 36.8 Å². The fourth-order valence-corrected chi connectivity index (χ4v) is 3.46. The molecule has 2 amide bonds. The number of rotatable bonds is 2. The second kappa shape index (κ2) is 6.68. The van der Waals surface area contributed by atoms with Gasteiger partial charge in [-0.3, -0.25) is 9.59 Å². The highest BCUT2D eigenvalue weighted by molar-refractivity contribution is 6.10. The molecule has 0 bridgehead atoms. The van der Waals surface area contributed by atoms with Crippen LogP contribution in [0.2, 0.25) is 0 Å². The maximum Gasteiger partial charge on any atom is 0.294 e. The molecule has 1 aliphatic rings. The van der Waals surface area contributed by atoms with Crippen molar-refractivity contribution in [3.8, 4) is 11.1 Å². The molecule has 0 saturated carbocycles. The zero-order valence-corrected chi connectivity index (χ0v) is 15.0. The molecule has 0 unspecified atom stereocenters. The minimum Gasteiger partial charge on any atom is -0.459 e. The molecule has 7 nitrogen and oxygen atoms in total. The van der Waals surface area contributed by atoms with Crippen LogP contribution < -0.4 is 9.80 Å². The van der Waals surface area contributed by atoms with Gasteiger partial charge in [-0.25, -0.2) is 9.97 Å². The second-order valence-corrected chi connectivity index (χ2v) is 6.46. The van der Waals surface area contributed by atoms with Gasteiger partial charge in [0.2, 0.25) is 5.91 Å². The van der Waals surface area contributed by atoms with Crippen LogP contribution in [0.4, 0.5) is 11.4 Å². The predicted octanol–water partition coefficient (Wildman–Crippen LogP) is 3.14. The highest BCUT2D eigenvalue weighted by Gasteiger charge is 2.34. The van der Waals surface area contributed by atoms with Gasteiger partial charge in [0.05, 0.1) is 23.7 Å². The van der Waals surface area contributed by atoms with E-state index in [1.807, 2.05) is 25.1 Å². The van der Waals surface area contributed by atoms with E-state index in [1.165, 1.54) is 19.5 Å². The molecule has 4 rings (SSSR count). The van der Waals surface area contributed by atoms with E-state index < -0.39 is 0 Å². The first-order chi connectivity index (χ1) is 13.1. The molecule has 136 valence electrons. The highest BCUT2D eigenvalue weighted by Crippen LogP contribution is 2.39. The summed E-state index contributed by atoms with van der Waals surface area (Å²) < 4.78 is 5.30. The average Bonchev–Trinajstić information content (AvgIpc) is 3.21. The van der Waals surface area contributed by atoms with Crippen LogP contribution in [-0.4, -0.2) is 34.4 Å². The summed E-state index contributed by atoms with van der Waals surface area (Å²) in [6.07, 6.45) is 6.36. The topological polar surface area (TPSA) is 79.5 Å². The molecule has 0 spiro atoms. The molecule has 0 saturated heterocycles. The van der Waals surface area contributed by atoms with Crippen LogP contribution in [0.1, 0.15) is 24.4 Å². The molecule has 3 heterocycles. The monoisotopic (exact) mass is 362 g/mol. The van der Waals surface area contributed by atoms with Gasteiger partial charge in [0.1, 0.15) is 6.33 Å². The van der Waals surface area contributed by atoms with E-state index in [9.17, 15) is 9.59 Å². The summed E-state index contributed by atoms with van der Waals surface area (Å²) in [5.74, 6) is -0.0414. The summed E-state index contributed by atoms with van der Waals surface area (Å²) >= 11 is 0. The Morgan fingerprint density at radius 1 is 1.11 bits per heavy atom. The lowest BCUT2D eigenvalue weighted by atomic mass is 10.0. The first kappa shape index (κ1) is 17.0. The number of aromatic nitrogens is 2. The Morgan fingerprint density at radius 2 is 1.89 bits per heavy atom. The van der Waals surface area contributed by atoms with E-state index in [4.69, 9.17) is 4.42 Å². The van der Waals surface area contributed by atoms with Gasteiger partial charge in [0.15, 0.2) is 5.76 Å². The van der Waals surface area contributed by atoms with Gasteiger partial charge >= 0.3 is 0 Å². The van der Waals surface area contributed by atoms with Crippen molar-refractivity contribution in [2.45, 2.75) is 19.9 Å². The molecule has 0 fully saturated rings. The summed E-state index contributed by atoms with van der Waals surface area (Å²) in [6.45, 7) is 3.83. The number of carbonyl (C=O) groups excluding carboxylic acids is 2. The average molecular weight is 362 g/mol. The number of nitrogens with zero attached hydrogens (tertiary/aromatic N) is 4. The summed E-state index contributed by atoms with van der Waals surface area (Å²) in [4.78, 5) is 36.7. The SMILES string of the molecule is CC(=O)N1c2ccc(-c3cncnc3)cc2N(C(=O)c2ccco2)C[C@@H]1C. The van der Waals surface area contributed by atoms with E-state index in [2.05, 4.69) is 9.97 Å². The van der Waals surface area contributed by atoms with Crippen LogP contribution in [0, 0.1) is 0 Å². The van der Waals surface area contributed by atoms with Crippen molar-refractivity contribution in [1.29, 1.82) is 0 Å². The summed E-state index contributed by atoms with van der Waals surface area (Å²) in [5, 5.41) is 0. The molecule has 27 heavy (non-hydrogen) atoms. The Balaban J connectivity index is 1.85. The maximum atomic E-state index is 13.0. The molecule has 1 aromatic carbocycles. The number of benzene rings is 1. The van der Waals surface area contributed by atoms with Gasteiger partial charge in [0.25, 0.3) is 5.91 Å². The largest absolute Gasteiger partial charge is 0.459 e. The third kappa shape index (κ3) is 2.97. The number of fused-ring (bicyclic) bond motifs is 1. The summed E-state index contributed by atoms with van der Waals surface area (Å²) in [5.41, 5.74) is 3.05. The number of amides is 2. The number of hydrogen-bond acceptors (Lipinski definition) is 5. The van der Waals surface area contributed by atoms with Crippen molar-refractivity contribution >= 4 is 23.2 Å². The fourth-order valence-electron chi connectivity index (χ4n) is 3.46. The van der Waals surface area contributed by atoms with E-state index in [-0.39, 0.29) is 23.6 Å². The predicted molar refractivity (Wildman–Crippen MR) is 100 cm³/mol. The number of furan rings is 1. The van der Waals surface area contributed by atoms with Crippen LogP contribution >= 0.6 is 0 Å². The lowest BCUT2D eigenvalue weighted by Crippen LogP contribution is -2.51. The van der Waals surface area contributed by atoms with Crippen LogP contribution in [0.3, 0.4) is 0 Å². The number of hydrogen-bond donors (Lipinski definition) is 0. The third-order valence-electron chi connectivity index (χ3n) is 4.62. The van der Waals surface area contributed by atoms with Crippen molar-refractivity contribution < 1.29 is 14.0 Å². The normalized spacial score (nSPS) is 16.1. The molecule has 0 radical (unpaired) electrons. The van der Waals surface area contributed by atoms with E-state index in [1.54, 1.807) is 34.3 Å². The molecular formula is C20H18N4O3. The van der Waals surface area contributed by atoms with Crippen LogP contribution in [0.25, 0.3) is 11.1 Å².